The van der Waals surface area contributed by atoms with Crippen molar-refractivity contribution in [3.63, 3.8) is 0 Å². The highest BCUT2D eigenvalue weighted by Gasteiger charge is 2.27. The van der Waals surface area contributed by atoms with Crippen molar-refractivity contribution in [1.29, 1.82) is 0 Å². The Morgan fingerprint density at radius 2 is 1.78 bits per heavy atom. The monoisotopic (exact) mass is 386 g/mol. The van der Waals surface area contributed by atoms with Gasteiger partial charge in [-0.3, -0.25) is 4.79 Å². The predicted octanol–water partition coefficient (Wildman–Crippen LogP) is 4.32. The number of nitrogens with one attached hydrogen (secondary N) is 2. The fourth-order valence-electron chi connectivity index (χ4n) is 3.09. The summed E-state index contributed by atoms with van der Waals surface area (Å²) in [5, 5.41) is 8.25. The van der Waals surface area contributed by atoms with E-state index < -0.39 is 0 Å². The SMILES string of the molecule is CC(C)(C)c1ccc(NC(=O)N2CCC(C(=O)Nc3nccs3)CC2)cc1. The summed E-state index contributed by atoms with van der Waals surface area (Å²) in [6.07, 6.45) is 2.99. The molecular formula is C20H26N4O2S. The van der Waals surface area contributed by atoms with Crippen LogP contribution < -0.4 is 10.6 Å². The first-order valence-corrected chi connectivity index (χ1v) is 10.1. The number of piperidine rings is 1. The van der Waals surface area contributed by atoms with Crippen LogP contribution in [0.3, 0.4) is 0 Å². The molecule has 0 bridgehead atoms. The lowest BCUT2D eigenvalue weighted by atomic mass is 9.87. The minimum atomic E-state index is -0.114. The molecule has 144 valence electrons. The third-order valence-electron chi connectivity index (χ3n) is 4.82. The number of benzene rings is 1. The van der Waals surface area contributed by atoms with Crippen LogP contribution in [0.1, 0.15) is 39.2 Å². The number of thiazole rings is 1. The van der Waals surface area contributed by atoms with Crippen LogP contribution in [0.15, 0.2) is 35.8 Å². The molecule has 1 aliphatic heterocycles. The molecule has 7 heteroatoms. The summed E-state index contributed by atoms with van der Waals surface area (Å²) in [5.74, 6) is -0.0909. The molecule has 0 unspecified atom stereocenters. The number of rotatable bonds is 3. The maximum absolute atomic E-state index is 12.5. The van der Waals surface area contributed by atoms with Crippen LogP contribution in [0.5, 0.6) is 0 Å². The van der Waals surface area contributed by atoms with E-state index in [1.807, 2.05) is 29.6 Å². The van der Waals surface area contributed by atoms with Crippen LogP contribution in [-0.2, 0) is 10.2 Å². The number of carbonyl (C=O) groups excluding carboxylic acids is 2. The Morgan fingerprint density at radius 1 is 1.11 bits per heavy atom. The molecule has 2 aromatic rings. The van der Waals surface area contributed by atoms with E-state index in [9.17, 15) is 9.59 Å². The molecule has 0 aliphatic carbocycles. The number of hydrogen-bond donors (Lipinski definition) is 2. The molecular weight excluding hydrogens is 360 g/mol. The molecule has 6 nitrogen and oxygen atoms in total. The van der Waals surface area contributed by atoms with Gasteiger partial charge in [-0.05, 0) is 36.0 Å². The highest BCUT2D eigenvalue weighted by atomic mass is 32.1. The molecule has 3 amide bonds. The standard InChI is InChI=1S/C20H26N4O2S/c1-20(2,3)15-4-6-16(7-5-15)22-19(26)24-11-8-14(9-12-24)17(25)23-18-21-10-13-27-18/h4-7,10,13-14H,8-9,11-12H2,1-3H3,(H,22,26)(H,21,23,25). The van der Waals surface area contributed by atoms with E-state index in [-0.39, 0.29) is 23.3 Å². The second-order valence-corrected chi connectivity index (χ2v) is 8.74. The largest absolute Gasteiger partial charge is 0.324 e. The highest BCUT2D eigenvalue weighted by molar-refractivity contribution is 7.13. The Kier molecular flexibility index (Phi) is 5.79. The van der Waals surface area contributed by atoms with Gasteiger partial charge in [-0.2, -0.15) is 0 Å². The molecule has 0 radical (unpaired) electrons. The summed E-state index contributed by atoms with van der Waals surface area (Å²) in [7, 11) is 0. The molecule has 2 heterocycles. The molecule has 3 rings (SSSR count). The first-order chi connectivity index (χ1) is 12.8. The van der Waals surface area contributed by atoms with E-state index in [4.69, 9.17) is 0 Å². The van der Waals surface area contributed by atoms with E-state index >= 15 is 0 Å². The molecule has 0 spiro atoms. The van der Waals surface area contributed by atoms with Crippen molar-refractivity contribution in [2.75, 3.05) is 23.7 Å². The zero-order valence-corrected chi connectivity index (χ0v) is 16.8. The lowest BCUT2D eigenvalue weighted by Crippen LogP contribution is -2.43. The number of anilines is 2. The number of carbonyl (C=O) groups is 2. The van der Waals surface area contributed by atoms with Gasteiger partial charge in [0.2, 0.25) is 5.91 Å². The van der Waals surface area contributed by atoms with E-state index in [0.717, 1.165) is 5.69 Å². The molecule has 1 aromatic heterocycles. The van der Waals surface area contributed by atoms with Gasteiger partial charge in [0.15, 0.2) is 5.13 Å². The average Bonchev–Trinajstić information content (AvgIpc) is 3.14. The minimum absolute atomic E-state index is 0.0113. The Balaban J connectivity index is 1.49. The van der Waals surface area contributed by atoms with Crippen molar-refractivity contribution in [2.45, 2.75) is 39.0 Å². The molecule has 1 aliphatic rings. The van der Waals surface area contributed by atoms with Crippen LogP contribution in [0.25, 0.3) is 0 Å². The van der Waals surface area contributed by atoms with Crippen molar-refractivity contribution in [3.05, 3.63) is 41.4 Å². The number of nitrogens with zero attached hydrogens (tertiary/aromatic N) is 2. The summed E-state index contributed by atoms with van der Waals surface area (Å²) in [6.45, 7) is 7.63. The van der Waals surface area contributed by atoms with Gasteiger partial charge in [0.05, 0.1) is 0 Å². The fourth-order valence-corrected chi connectivity index (χ4v) is 3.63. The molecule has 1 aromatic carbocycles. The van der Waals surface area contributed by atoms with Crippen LogP contribution in [0.2, 0.25) is 0 Å². The minimum Gasteiger partial charge on any atom is -0.324 e. The average molecular weight is 387 g/mol. The lowest BCUT2D eigenvalue weighted by molar-refractivity contribution is -0.121. The third kappa shape index (κ3) is 5.07. The topological polar surface area (TPSA) is 74.3 Å². The van der Waals surface area contributed by atoms with Crippen molar-refractivity contribution in [3.8, 4) is 0 Å². The Labute approximate surface area is 164 Å². The molecule has 1 fully saturated rings. The highest BCUT2D eigenvalue weighted by Crippen LogP contribution is 2.24. The van der Waals surface area contributed by atoms with Crippen molar-refractivity contribution >= 4 is 34.1 Å². The summed E-state index contributed by atoms with van der Waals surface area (Å²) >= 11 is 1.41. The maximum Gasteiger partial charge on any atom is 0.321 e. The van der Waals surface area contributed by atoms with E-state index in [1.54, 1.807) is 11.1 Å². The van der Waals surface area contributed by atoms with Gasteiger partial charge in [-0.25, -0.2) is 9.78 Å². The predicted molar refractivity (Wildman–Crippen MR) is 109 cm³/mol. The van der Waals surface area contributed by atoms with Crippen molar-refractivity contribution < 1.29 is 9.59 Å². The fraction of sp³-hybridized carbons (Fsp3) is 0.450. The van der Waals surface area contributed by atoms with Gasteiger partial charge in [-0.1, -0.05) is 32.9 Å². The number of urea groups is 1. The quantitative estimate of drug-likeness (QED) is 0.825. The van der Waals surface area contributed by atoms with Crippen molar-refractivity contribution in [1.82, 2.24) is 9.88 Å². The number of likely N-dealkylation sites (tertiary alicyclic amines) is 1. The van der Waals surface area contributed by atoms with Gasteiger partial charge < -0.3 is 15.5 Å². The third-order valence-corrected chi connectivity index (χ3v) is 5.51. The van der Waals surface area contributed by atoms with Gasteiger partial charge in [0.25, 0.3) is 0 Å². The smallest absolute Gasteiger partial charge is 0.321 e. The second kappa shape index (κ2) is 8.08. The van der Waals surface area contributed by atoms with Gasteiger partial charge in [-0.15, -0.1) is 11.3 Å². The molecule has 0 atom stereocenters. The number of hydrogen-bond acceptors (Lipinski definition) is 4. The zero-order valence-electron chi connectivity index (χ0n) is 16.0. The number of amides is 3. The second-order valence-electron chi connectivity index (χ2n) is 7.85. The molecule has 1 saturated heterocycles. The van der Waals surface area contributed by atoms with E-state index in [2.05, 4.69) is 36.4 Å². The van der Waals surface area contributed by atoms with Gasteiger partial charge in [0.1, 0.15) is 0 Å². The summed E-state index contributed by atoms with van der Waals surface area (Å²) in [6, 6.07) is 7.85. The number of aromatic nitrogens is 1. The summed E-state index contributed by atoms with van der Waals surface area (Å²) in [5.41, 5.74) is 2.10. The first kappa shape index (κ1) is 19.4. The Hall–Kier alpha value is -2.41. The van der Waals surface area contributed by atoms with Crippen LogP contribution in [0.4, 0.5) is 15.6 Å². The van der Waals surface area contributed by atoms with Crippen LogP contribution >= 0.6 is 11.3 Å². The van der Waals surface area contributed by atoms with Crippen molar-refractivity contribution in [2.24, 2.45) is 5.92 Å². The van der Waals surface area contributed by atoms with E-state index in [0.29, 0.717) is 31.1 Å². The maximum atomic E-state index is 12.5. The van der Waals surface area contributed by atoms with Crippen LogP contribution in [0, 0.1) is 5.92 Å². The molecule has 2 N–H and O–H groups in total. The molecule has 27 heavy (non-hydrogen) atoms. The normalized spacial score (nSPS) is 15.4. The zero-order chi connectivity index (χ0) is 19.4. The lowest BCUT2D eigenvalue weighted by Gasteiger charge is -2.31. The first-order valence-electron chi connectivity index (χ1n) is 9.20. The van der Waals surface area contributed by atoms with Gasteiger partial charge in [0, 0.05) is 36.3 Å². The summed E-state index contributed by atoms with van der Waals surface area (Å²) in [4.78, 5) is 30.6. The van der Waals surface area contributed by atoms with Crippen LogP contribution in [-0.4, -0.2) is 34.9 Å². The Morgan fingerprint density at radius 3 is 2.33 bits per heavy atom. The molecule has 0 saturated carbocycles. The Bertz CT molecular complexity index is 773. The van der Waals surface area contributed by atoms with Gasteiger partial charge >= 0.3 is 6.03 Å². The summed E-state index contributed by atoms with van der Waals surface area (Å²) < 4.78 is 0. The van der Waals surface area contributed by atoms with E-state index in [1.165, 1.54) is 16.9 Å².